The summed E-state index contributed by atoms with van der Waals surface area (Å²) in [5.74, 6) is 0.0251. The summed E-state index contributed by atoms with van der Waals surface area (Å²) < 4.78 is 6.91. The number of hydrogen-bond donors (Lipinski definition) is 1. The van der Waals surface area contributed by atoms with Crippen molar-refractivity contribution in [2.45, 2.75) is 13.3 Å². The lowest BCUT2D eigenvalue weighted by atomic mass is 9.87. The molecule has 0 amide bonds. The Bertz CT molecular complexity index is 1520. The lowest BCUT2D eigenvalue weighted by Crippen LogP contribution is -2.06. The molecule has 1 N–H and O–H groups in total. The summed E-state index contributed by atoms with van der Waals surface area (Å²) in [6.07, 6.45) is 3.81. The molecule has 33 heavy (non-hydrogen) atoms. The molecule has 2 heterocycles. The Morgan fingerprint density at radius 2 is 1.88 bits per heavy atom. The summed E-state index contributed by atoms with van der Waals surface area (Å²) in [6, 6.07) is 22.6. The van der Waals surface area contributed by atoms with Crippen molar-refractivity contribution >= 4 is 49.4 Å². The van der Waals surface area contributed by atoms with Gasteiger partial charge in [-0.1, -0.05) is 43.8 Å². The fourth-order valence-electron chi connectivity index (χ4n) is 4.18. The first kappa shape index (κ1) is 20.9. The second kappa shape index (κ2) is 8.88. The van der Waals surface area contributed by atoms with Crippen LogP contribution in [0.25, 0.3) is 32.1 Å². The van der Waals surface area contributed by atoms with E-state index in [1.54, 1.807) is 11.3 Å². The van der Waals surface area contributed by atoms with E-state index in [2.05, 4.69) is 65.5 Å². The Morgan fingerprint density at radius 3 is 2.73 bits per heavy atom. The molecule has 3 aromatic carbocycles. The molecule has 0 saturated carbocycles. The lowest BCUT2D eigenvalue weighted by molar-refractivity contribution is -0.128. The number of aromatic amines is 1. The van der Waals surface area contributed by atoms with Gasteiger partial charge in [0.05, 0.1) is 11.7 Å². The fourth-order valence-corrected chi connectivity index (χ4v) is 4.95. The molecule has 0 saturated heterocycles. The molecule has 0 fully saturated rings. The van der Waals surface area contributed by atoms with Gasteiger partial charge < -0.3 is 4.74 Å². The van der Waals surface area contributed by atoms with E-state index in [1.165, 1.54) is 21.7 Å². The number of esters is 1. The van der Waals surface area contributed by atoms with E-state index in [0.717, 1.165) is 39.6 Å². The normalized spacial score (nSPS) is 12.0. The van der Waals surface area contributed by atoms with Gasteiger partial charge in [0.25, 0.3) is 0 Å². The second-order valence-electron chi connectivity index (χ2n) is 7.67. The van der Waals surface area contributed by atoms with Gasteiger partial charge in [0, 0.05) is 21.7 Å². The summed E-state index contributed by atoms with van der Waals surface area (Å²) in [5.41, 5.74) is 6.22. The van der Waals surface area contributed by atoms with Crippen LogP contribution in [0.15, 0.2) is 91.0 Å². The number of ether oxygens (including phenoxy) is 1. The molecule has 0 aliphatic carbocycles. The van der Waals surface area contributed by atoms with Crippen molar-refractivity contribution in [3.63, 3.8) is 0 Å². The summed E-state index contributed by atoms with van der Waals surface area (Å²) in [7, 11) is 0. The van der Waals surface area contributed by atoms with E-state index < -0.39 is 5.97 Å². The average molecular weight is 451 g/mol. The highest BCUT2D eigenvalue weighted by molar-refractivity contribution is 7.17. The number of thiophene rings is 1. The van der Waals surface area contributed by atoms with E-state index in [4.69, 9.17) is 4.74 Å². The van der Waals surface area contributed by atoms with Crippen LogP contribution in [0.4, 0.5) is 0 Å². The van der Waals surface area contributed by atoms with Crippen molar-refractivity contribution in [3.8, 4) is 5.75 Å². The van der Waals surface area contributed by atoms with Crippen LogP contribution in [0, 0.1) is 0 Å². The zero-order valence-corrected chi connectivity index (χ0v) is 19.0. The Balaban J connectivity index is 1.80. The number of aromatic nitrogens is 2. The standard InChI is InChI=1S/C28H22N2O2S/c1-3-22(18-10-12-26-19(15-18)13-14-33-26)28(20-9-11-24-21(16-20)17-29-30-24)23-7-5-6-8-25(23)32-27(31)4-2/h4-17H,2-3H2,1H3,(H,29,30)/b28-22+. The fraction of sp³-hybridized carbons (Fsp3) is 0.0714. The molecule has 0 unspecified atom stereocenters. The summed E-state index contributed by atoms with van der Waals surface area (Å²) in [4.78, 5) is 12.1. The number of fused-ring (bicyclic) bond motifs is 2. The molecule has 0 aliphatic rings. The first-order valence-electron chi connectivity index (χ1n) is 10.8. The zero-order valence-electron chi connectivity index (χ0n) is 18.2. The number of benzene rings is 3. The maximum atomic E-state index is 12.1. The van der Waals surface area contributed by atoms with Gasteiger partial charge in [-0.15, -0.1) is 11.3 Å². The van der Waals surface area contributed by atoms with Crippen molar-refractivity contribution in [2.24, 2.45) is 0 Å². The van der Waals surface area contributed by atoms with Crippen LogP contribution in [0.1, 0.15) is 30.0 Å². The maximum absolute atomic E-state index is 12.1. The lowest BCUT2D eigenvalue weighted by Gasteiger charge is -2.19. The Labute approximate surface area is 195 Å². The van der Waals surface area contributed by atoms with Gasteiger partial charge in [-0.25, -0.2) is 4.79 Å². The SMILES string of the molecule is C=CC(=O)Oc1ccccc1/C(=C(\CC)c1ccc2sccc2c1)c1ccc2[nH]ncc2c1. The Kier molecular flexibility index (Phi) is 5.63. The van der Waals surface area contributed by atoms with Crippen LogP contribution < -0.4 is 4.74 Å². The number of nitrogens with zero attached hydrogens (tertiary/aromatic N) is 1. The minimum Gasteiger partial charge on any atom is -0.423 e. The number of H-pyrrole nitrogens is 1. The van der Waals surface area contributed by atoms with Crippen LogP contribution in [-0.2, 0) is 4.79 Å². The summed E-state index contributed by atoms with van der Waals surface area (Å²) in [5, 5.41) is 11.5. The maximum Gasteiger partial charge on any atom is 0.335 e. The molecule has 4 nitrogen and oxygen atoms in total. The van der Waals surface area contributed by atoms with Gasteiger partial charge in [0.1, 0.15) is 5.75 Å². The summed E-state index contributed by atoms with van der Waals surface area (Å²) in [6.45, 7) is 5.70. The van der Waals surface area contributed by atoms with Crippen molar-refractivity contribution in [2.75, 3.05) is 0 Å². The quantitative estimate of drug-likeness (QED) is 0.128. The van der Waals surface area contributed by atoms with Gasteiger partial charge >= 0.3 is 5.97 Å². The molecule has 5 rings (SSSR count). The van der Waals surface area contributed by atoms with E-state index in [9.17, 15) is 4.79 Å². The molecule has 2 aromatic heterocycles. The number of rotatable bonds is 6. The third kappa shape index (κ3) is 3.99. The summed E-state index contributed by atoms with van der Waals surface area (Å²) >= 11 is 1.74. The number of nitrogens with one attached hydrogen (secondary N) is 1. The Morgan fingerprint density at radius 1 is 1.06 bits per heavy atom. The number of para-hydroxylation sites is 1. The molecular formula is C28H22N2O2S. The minimum atomic E-state index is -0.482. The first-order chi connectivity index (χ1) is 16.2. The largest absolute Gasteiger partial charge is 0.423 e. The van der Waals surface area contributed by atoms with E-state index in [-0.39, 0.29) is 0 Å². The van der Waals surface area contributed by atoms with Gasteiger partial charge in [0.2, 0.25) is 0 Å². The van der Waals surface area contributed by atoms with Crippen LogP contribution in [0.2, 0.25) is 0 Å². The topological polar surface area (TPSA) is 55.0 Å². The van der Waals surface area contributed by atoms with Crippen LogP contribution in [-0.4, -0.2) is 16.2 Å². The molecular weight excluding hydrogens is 428 g/mol. The number of carbonyl (C=O) groups is 1. The van der Waals surface area contributed by atoms with Crippen LogP contribution in [0.5, 0.6) is 5.75 Å². The van der Waals surface area contributed by atoms with E-state index in [0.29, 0.717) is 5.75 Å². The zero-order chi connectivity index (χ0) is 22.8. The number of hydrogen-bond acceptors (Lipinski definition) is 4. The monoisotopic (exact) mass is 450 g/mol. The van der Waals surface area contributed by atoms with Crippen molar-refractivity contribution in [3.05, 3.63) is 108 Å². The second-order valence-corrected chi connectivity index (χ2v) is 8.62. The van der Waals surface area contributed by atoms with E-state index in [1.807, 2.05) is 36.5 Å². The third-order valence-electron chi connectivity index (χ3n) is 5.72. The molecule has 0 aliphatic heterocycles. The molecule has 0 radical (unpaired) electrons. The predicted octanol–water partition coefficient (Wildman–Crippen LogP) is 7.24. The number of carbonyl (C=O) groups excluding carboxylic acids is 1. The highest BCUT2D eigenvalue weighted by Crippen LogP contribution is 2.40. The highest BCUT2D eigenvalue weighted by atomic mass is 32.1. The molecule has 162 valence electrons. The molecule has 5 aromatic rings. The average Bonchev–Trinajstić information content (AvgIpc) is 3.51. The van der Waals surface area contributed by atoms with Crippen LogP contribution in [0.3, 0.4) is 0 Å². The van der Waals surface area contributed by atoms with Gasteiger partial charge in [-0.2, -0.15) is 5.10 Å². The molecule has 0 bridgehead atoms. The molecule has 0 spiro atoms. The van der Waals surface area contributed by atoms with E-state index >= 15 is 0 Å². The van der Waals surface area contributed by atoms with Crippen molar-refractivity contribution < 1.29 is 9.53 Å². The third-order valence-corrected chi connectivity index (χ3v) is 6.62. The van der Waals surface area contributed by atoms with Crippen molar-refractivity contribution in [1.29, 1.82) is 0 Å². The predicted molar refractivity (Wildman–Crippen MR) is 136 cm³/mol. The minimum absolute atomic E-state index is 0.482. The molecule has 5 heteroatoms. The molecule has 0 atom stereocenters. The number of allylic oxidation sites excluding steroid dienone is 1. The van der Waals surface area contributed by atoms with Crippen molar-refractivity contribution in [1.82, 2.24) is 10.2 Å². The van der Waals surface area contributed by atoms with Crippen LogP contribution >= 0.6 is 11.3 Å². The van der Waals surface area contributed by atoms with Gasteiger partial charge in [-0.3, -0.25) is 5.10 Å². The van der Waals surface area contributed by atoms with Gasteiger partial charge in [-0.05, 0) is 75.9 Å². The smallest absolute Gasteiger partial charge is 0.335 e. The first-order valence-corrected chi connectivity index (χ1v) is 11.6. The highest BCUT2D eigenvalue weighted by Gasteiger charge is 2.19. The van der Waals surface area contributed by atoms with Gasteiger partial charge in [0.15, 0.2) is 0 Å². The Hall–Kier alpha value is -3.96.